The van der Waals surface area contributed by atoms with Crippen LogP contribution in [-0.2, 0) is 16.6 Å². The van der Waals surface area contributed by atoms with Crippen LogP contribution in [0.2, 0.25) is 0 Å². The van der Waals surface area contributed by atoms with Crippen molar-refractivity contribution < 1.29 is 23.1 Å². The van der Waals surface area contributed by atoms with Crippen molar-refractivity contribution in [2.24, 2.45) is 0 Å². The summed E-state index contributed by atoms with van der Waals surface area (Å²) in [6.07, 6.45) is 4.84. The minimum absolute atomic E-state index is 0. The number of ether oxygens (including phenoxy) is 1. The lowest BCUT2D eigenvalue weighted by Crippen LogP contribution is -2.49. The number of anilines is 2. The monoisotopic (exact) mass is 602 g/mol. The van der Waals surface area contributed by atoms with Gasteiger partial charge in [0.25, 0.3) is 0 Å². The molecule has 2 amide bonds. The second-order valence-electron chi connectivity index (χ2n) is 10.1. The first-order valence-corrected chi connectivity index (χ1v) is 15.5. The van der Waals surface area contributed by atoms with Crippen molar-refractivity contribution in [1.29, 1.82) is 0 Å². The molecule has 41 heavy (non-hydrogen) atoms. The zero-order chi connectivity index (χ0) is 28.5. The Balaban J connectivity index is 0.00000462. The summed E-state index contributed by atoms with van der Waals surface area (Å²) >= 11 is 0. The van der Waals surface area contributed by atoms with Crippen LogP contribution in [0.5, 0.6) is 17.2 Å². The van der Waals surface area contributed by atoms with E-state index in [4.69, 9.17) is 4.74 Å². The number of likely N-dealkylation sites (tertiary alicyclic amines) is 1. The van der Waals surface area contributed by atoms with Gasteiger partial charge in [-0.05, 0) is 73.4 Å². The Morgan fingerprint density at radius 2 is 1.61 bits per heavy atom. The van der Waals surface area contributed by atoms with Gasteiger partial charge >= 0.3 is 6.03 Å². The van der Waals surface area contributed by atoms with Crippen molar-refractivity contribution in [3.8, 4) is 17.2 Å². The number of hydrogen-bond donors (Lipinski definition) is 3. The summed E-state index contributed by atoms with van der Waals surface area (Å²) in [5, 5.41) is 13.0. The minimum atomic E-state index is -3.32. The van der Waals surface area contributed by atoms with Crippen LogP contribution in [0.15, 0.2) is 72.8 Å². The van der Waals surface area contributed by atoms with Crippen molar-refractivity contribution in [2.45, 2.75) is 45.2 Å². The molecule has 3 aromatic rings. The molecule has 0 saturated carbocycles. The van der Waals surface area contributed by atoms with Crippen molar-refractivity contribution in [3.63, 3.8) is 0 Å². The van der Waals surface area contributed by atoms with Gasteiger partial charge in [0.05, 0.1) is 11.9 Å². The Hall–Kier alpha value is -3.47. The average molecular weight is 603 g/mol. The number of sulfonamides is 1. The lowest BCUT2D eigenvalue weighted by Gasteiger charge is -2.38. The number of unbranched alkanes of at least 4 members (excludes halogenated alkanes) is 1. The number of para-hydroxylation sites is 2. The van der Waals surface area contributed by atoms with Gasteiger partial charge in [-0.2, -0.15) is 0 Å². The number of amides is 2. The highest BCUT2D eigenvalue weighted by molar-refractivity contribution is 7.92. The molecular formula is C30H39ClN4O5S. The molecule has 3 N–H and O–H groups in total. The van der Waals surface area contributed by atoms with Crippen molar-refractivity contribution in [2.75, 3.05) is 35.9 Å². The summed E-state index contributed by atoms with van der Waals surface area (Å²) in [4.78, 5) is 17.5. The van der Waals surface area contributed by atoms with Crippen LogP contribution < -0.4 is 14.8 Å². The Bertz CT molecular complexity index is 1360. The fourth-order valence-corrected chi connectivity index (χ4v) is 5.36. The molecule has 3 aromatic carbocycles. The number of halogens is 1. The van der Waals surface area contributed by atoms with E-state index in [0.29, 0.717) is 29.4 Å². The maximum absolute atomic E-state index is 13.1. The Labute approximate surface area is 249 Å². The first kappa shape index (κ1) is 32.0. The largest absolute Gasteiger partial charge is 0.506 e. The maximum Gasteiger partial charge on any atom is 0.322 e. The van der Waals surface area contributed by atoms with E-state index in [-0.39, 0.29) is 30.2 Å². The van der Waals surface area contributed by atoms with E-state index in [1.807, 2.05) is 29.2 Å². The van der Waals surface area contributed by atoms with E-state index < -0.39 is 10.0 Å². The molecule has 1 fully saturated rings. The van der Waals surface area contributed by atoms with Gasteiger partial charge in [0.15, 0.2) is 0 Å². The normalized spacial score (nSPS) is 14.1. The second-order valence-corrected chi connectivity index (χ2v) is 11.9. The second kappa shape index (κ2) is 15.0. The molecule has 0 unspecified atom stereocenters. The summed E-state index contributed by atoms with van der Waals surface area (Å²) < 4.78 is 31.1. The van der Waals surface area contributed by atoms with Crippen molar-refractivity contribution in [1.82, 2.24) is 9.80 Å². The molecule has 1 aliphatic heterocycles. The fraction of sp³-hybridized carbons (Fsp3) is 0.367. The number of urea groups is 1. The summed E-state index contributed by atoms with van der Waals surface area (Å²) in [6, 6.07) is 21.5. The van der Waals surface area contributed by atoms with E-state index in [1.165, 1.54) is 5.56 Å². The van der Waals surface area contributed by atoms with Gasteiger partial charge < -0.3 is 20.1 Å². The number of aromatic hydroxyl groups is 1. The lowest BCUT2D eigenvalue weighted by atomic mass is 10.0. The van der Waals surface area contributed by atoms with E-state index in [0.717, 1.165) is 51.6 Å². The molecule has 0 bridgehead atoms. The number of carbonyl (C=O) groups is 1. The van der Waals surface area contributed by atoms with Crippen LogP contribution in [0.3, 0.4) is 0 Å². The average Bonchev–Trinajstić information content (AvgIpc) is 2.92. The topological polar surface area (TPSA) is 111 Å². The summed E-state index contributed by atoms with van der Waals surface area (Å²) in [7, 11) is -3.32. The molecule has 0 spiro atoms. The molecule has 0 aliphatic carbocycles. The molecule has 1 heterocycles. The summed E-state index contributed by atoms with van der Waals surface area (Å²) in [5.41, 5.74) is 2.09. The number of benzene rings is 3. The highest BCUT2D eigenvalue weighted by Crippen LogP contribution is 2.26. The summed E-state index contributed by atoms with van der Waals surface area (Å²) in [6.45, 7) is 5.41. The van der Waals surface area contributed by atoms with Gasteiger partial charge in [0.1, 0.15) is 17.2 Å². The third-order valence-corrected chi connectivity index (χ3v) is 7.49. The van der Waals surface area contributed by atoms with Gasteiger partial charge in [-0.1, -0.05) is 37.6 Å². The van der Waals surface area contributed by atoms with E-state index >= 15 is 0 Å². The SMILES string of the molecule is CCCCN(C(=O)Nc1ccccc1O)C1CCN(Cc2ccc(Oc3ccc(NS(C)(=O)=O)cc3)cc2)CC1.Cl. The molecule has 222 valence electrons. The van der Waals surface area contributed by atoms with Crippen LogP contribution in [0.4, 0.5) is 16.2 Å². The van der Waals surface area contributed by atoms with Gasteiger partial charge in [0.2, 0.25) is 10.0 Å². The molecular weight excluding hydrogens is 564 g/mol. The van der Waals surface area contributed by atoms with Crippen LogP contribution in [-0.4, -0.2) is 61.3 Å². The minimum Gasteiger partial charge on any atom is -0.506 e. The maximum atomic E-state index is 13.1. The molecule has 0 aromatic heterocycles. The molecule has 1 saturated heterocycles. The number of carbonyl (C=O) groups excluding carboxylic acids is 1. The van der Waals surface area contributed by atoms with Crippen LogP contribution in [0.1, 0.15) is 38.2 Å². The van der Waals surface area contributed by atoms with E-state index in [2.05, 4.69) is 21.9 Å². The zero-order valence-electron chi connectivity index (χ0n) is 23.5. The highest BCUT2D eigenvalue weighted by atomic mass is 35.5. The Morgan fingerprint density at radius 1 is 1.00 bits per heavy atom. The van der Waals surface area contributed by atoms with Crippen LogP contribution in [0.25, 0.3) is 0 Å². The third kappa shape index (κ3) is 9.84. The fourth-order valence-electron chi connectivity index (χ4n) is 4.80. The predicted octanol–water partition coefficient (Wildman–Crippen LogP) is 6.28. The number of hydrogen-bond acceptors (Lipinski definition) is 6. The molecule has 0 atom stereocenters. The molecule has 4 rings (SSSR count). The molecule has 0 radical (unpaired) electrons. The predicted molar refractivity (Wildman–Crippen MR) is 166 cm³/mol. The molecule has 9 nitrogen and oxygen atoms in total. The van der Waals surface area contributed by atoms with Gasteiger partial charge in [-0.15, -0.1) is 12.4 Å². The Morgan fingerprint density at radius 3 is 2.20 bits per heavy atom. The number of nitrogens with one attached hydrogen (secondary N) is 2. The number of piperidine rings is 1. The smallest absolute Gasteiger partial charge is 0.322 e. The van der Waals surface area contributed by atoms with Crippen LogP contribution in [0, 0.1) is 0 Å². The van der Waals surface area contributed by atoms with Crippen LogP contribution >= 0.6 is 12.4 Å². The molecule has 11 heteroatoms. The quantitative estimate of drug-likeness (QED) is 0.223. The van der Waals surface area contributed by atoms with E-state index in [9.17, 15) is 18.3 Å². The van der Waals surface area contributed by atoms with Gasteiger partial charge in [-0.3, -0.25) is 9.62 Å². The number of rotatable bonds is 11. The number of nitrogens with zero attached hydrogens (tertiary/aromatic N) is 2. The highest BCUT2D eigenvalue weighted by Gasteiger charge is 2.28. The zero-order valence-corrected chi connectivity index (χ0v) is 25.1. The van der Waals surface area contributed by atoms with Gasteiger partial charge in [-0.25, -0.2) is 13.2 Å². The summed E-state index contributed by atoms with van der Waals surface area (Å²) in [5.74, 6) is 1.39. The Kier molecular flexibility index (Phi) is 11.7. The first-order valence-electron chi connectivity index (χ1n) is 13.6. The van der Waals surface area contributed by atoms with Crippen molar-refractivity contribution >= 4 is 39.8 Å². The lowest BCUT2D eigenvalue weighted by molar-refractivity contribution is 0.122. The standard InChI is InChI=1S/C30H38N4O5S.ClH/c1-3-4-19-34(30(36)31-28-7-5-6-8-29(28)35)25-17-20-33(21-18-25)22-23-9-13-26(14-10-23)39-27-15-11-24(12-16-27)32-40(2,37)38;/h5-16,25,32,35H,3-4,17-22H2,1-2H3,(H,31,36);1H. The number of phenols is 1. The van der Waals surface area contributed by atoms with Crippen molar-refractivity contribution in [3.05, 3.63) is 78.4 Å². The third-order valence-electron chi connectivity index (χ3n) is 6.88. The molecule has 1 aliphatic rings. The van der Waals surface area contributed by atoms with Gasteiger partial charge in [0, 0.05) is 37.9 Å². The first-order chi connectivity index (χ1) is 19.2. The van der Waals surface area contributed by atoms with E-state index in [1.54, 1.807) is 48.5 Å². The number of phenolic OH excluding ortho intramolecular Hbond substituents is 1.